The standard InChI is InChI=1S/C14H24N4O/c1-4-15-7-13-10(2)16-17(3)14(13)18-8-11-5-6-12(9-18)19-11/h11-12,15H,4-9H2,1-3H3. The van der Waals surface area contributed by atoms with Gasteiger partial charge in [0.05, 0.1) is 17.9 Å². The third kappa shape index (κ3) is 2.37. The molecule has 106 valence electrons. The highest BCUT2D eigenvalue weighted by Gasteiger charge is 2.35. The van der Waals surface area contributed by atoms with E-state index in [1.165, 1.54) is 24.2 Å². The van der Waals surface area contributed by atoms with Gasteiger partial charge in [0.1, 0.15) is 5.82 Å². The van der Waals surface area contributed by atoms with E-state index < -0.39 is 0 Å². The fourth-order valence-corrected chi connectivity index (χ4v) is 3.33. The summed E-state index contributed by atoms with van der Waals surface area (Å²) in [5, 5.41) is 8.03. The van der Waals surface area contributed by atoms with Gasteiger partial charge >= 0.3 is 0 Å². The van der Waals surface area contributed by atoms with Gasteiger partial charge in [0.2, 0.25) is 0 Å². The SMILES string of the molecule is CCNCc1c(C)nn(C)c1N1CC2CCC(C1)O2. The Kier molecular flexibility index (Phi) is 3.50. The number of rotatable bonds is 4. The quantitative estimate of drug-likeness (QED) is 0.887. The maximum atomic E-state index is 5.93. The van der Waals surface area contributed by atoms with E-state index in [0.717, 1.165) is 31.9 Å². The Morgan fingerprint density at radius 2 is 2.00 bits per heavy atom. The molecule has 2 atom stereocenters. The minimum Gasteiger partial charge on any atom is -0.371 e. The number of nitrogens with zero attached hydrogens (tertiary/aromatic N) is 3. The lowest BCUT2D eigenvalue weighted by Crippen LogP contribution is -2.44. The molecule has 19 heavy (non-hydrogen) atoms. The van der Waals surface area contributed by atoms with Crippen molar-refractivity contribution in [1.29, 1.82) is 0 Å². The van der Waals surface area contributed by atoms with E-state index in [4.69, 9.17) is 4.74 Å². The predicted octanol–water partition coefficient (Wildman–Crippen LogP) is 1.21. The summed E-state index contributed by atoms with van der Waals surface area (Å²) in [5.74, 6) is 1.28. The molecule has 2 unspecified atom stereocenters. The summed E-state index contributed by atoms with van der Waals surface area (Å²) in [6.07, 6.45) is 3.25. The molecule has 0 aliphatic carbocycles. The lowest BCUT2D eigenvalue weighted by molar-refractivity contribution is 0.0299. The van der Waals surface area contributed by atoms with Crippen LogP contribution in [0.2, 0.25) is 0 Å². The summed E-state index contributed by atoms with van der Waals surface area (Å²) in [7, 11) is 2.05. The van der Waals surface area contributed by atoms with Crippen molar-refractivity contribution in [1.82, 2.24) is 15.1 Å². The molecule has 5 nitrogen and oxygen atoms in total. The number of hydrogen-bond donors (Lipinski definition) is 1. The summed E-state index contributed by atoms with van der Waals surface area (Å²) in [5.41, 5.74) is 2.47. The number of morpholine rings is 1. The van der Waals surface area contributed by atoms with Gasteiger partial charge < -0.3 is 15.0 Å². The molecule has 1 N–H and O–H groups in total. The van der Waals surface area contributed by atoms with Gasteiger partial charge in [0.25, 0.3) is 0 Å². The van der Waals surface area contributed by atoms with Crippen LogP contribution in [0.15, 0.2) is 0 Å². The van der Waals surface area contributed by atoms with Crippen LogP contribution in [0.3, 0.4) is 0 Å². The molecule has 2 saturated heterocycles. The van der Waals surface area contributed by atoms with Crippen LogP contribution in [0.25, 0.3) is 0 Å². The first-order valence-electron chi connectivity index (χ1n) is 7.32. The van der Waals surface area contributed by atoms with Crippen molar-refractivity contribution in [2.75, 3.05) is 24.5 Å². The molecular formula is C14H24N4O. The molecule has 0 amide bonds. The highest BCUT2D eigenvalue weighted by molar-refractivity contribution is 5.51. The molecule has 0 spiro atoms. The molecule has 2 aliphatic rings. The topological polar surface area (TPSA) is 42.3 Å². The zero-order valence-corrected chi connectivity index (χ0v) is 12.1. The first-order chi connectivity index (χ1) is 9.19. The molecule has 2 bridgehead atoms. The van der Waals surface area contributed by atoms with E-state index in [-0.39, 0.29) is 0 Å². The molecule has 3 heterocycles. The Morgan fingerprint density at radius 3 is 2.63 bits per heavy atom. The highest BCUT2D eigenvalue weighted by atomic mass is 16.5. The van der Waals surface area contributed by atoms with Crippen LogP contribution < -0.4 is 10.2 Å². The Morgan fingerprint density at radius 1 is 1.32 bits per heavy atom. The van der Waals surface area contributed by atoms with Crippen LogP contribution in [-0.2, 0) is 18.3 Å². The first kappa shape index (κ1) is 12.9. The van der Waals surface area contributed by atoms with Crippen LogP contribution in [-0.4, -0.2) is 41.6 Å². The van der Waals surface area contributed by atoms with Gasteiger partial charge in [0, 0.05) is 32.2 Å². The van der Waals surface area contributed by atoms with Crippen molar-refractivity contribution in [3.8, 4) is 0 Å². The second-order valence-electron chi connectivity index (χ2n) is 5.65. The van der Waals surface area contributed by atoms with Crippen molar-refractivity contribution in [3.05, 3.63) is 11.3 Å². The van der Waals surface area contributed by atoms with E-state index in [2.05, 4.69) is 36.2 Å². The van der Waals surface area contributed by atoms with E-state index in [1.54, 1.807) is 0 Å². The van der Waals surface area contributed by atoms with Gasteiger partial charge in [-0.05, 0) is 26.3 Å². The van der Waals surface area contributed by atoms with Crippen LogP contribution in [0, 0.1) is 6.92 Å². The zero-order valence-electron chi connectivity index (χ0n) is 12.1. The molecule has 2 aliphatic heterocycles. The molecule has 3 rings (SSSR count). The number of aryl methyl sites for hydroxylation is 2. The van der Waals surface area contributed by atoms with Crippen LogP contribution in [0.5, 0.6) is 0 Å². The van der Waals surface area contributed by atoms with E-state index in [0.29, 0.717) is 12.2 Å². The minimum absolute atomic E-state index is 0.418. The van der Waals surface area contributed by atoms with E-state index >= 15 is 0 Å². The number of anilines is 1. The Bertz CT molecular complexity index is 445. The Hall–Kier alpha value is -1.07. The van der Waals surface area contributed by atoms with Gasteiger partial charge in [-0.25, -0.2) is 0 Å². The summed E-state index contributed by atoms with van der Waals surface area (Å²) >= 11 is 0. The normalized spacial score (nSPS) is 26.2. The Balaban J connectivity index is 1.86. The number of aromatic nitrogens is 2. The van der Waals surface area contributed by atoms with Crippen LogP contribution >= 0.6 is 0 Å². The van der Waals surface area contributed by atoms with E-state index in [9.17, 15) is 0 Å². The van der Waals surface area contributed by atoms with Gasteiger partial charge in [-0.3, -0.25) is 4.68 Å². The molecule has 1 aromatic rings. The predicted molar refractivity (Wildman–Crippen MR) is 75.4 cm³/mol. The van der Waals surface area contributed by atoms with Gasteiger partial charge in [-0.15, -0.1) is 0 Å². The second kappa shape index (κ2) is 5.13. The largest absolute Gasteiger partial charge is 0.371 e. The second-order valence-corrected chi connectivity index (χ2v) is 5.65. The summed E-state index contributed by atoms with van der Waals surface area (Å²) in [6, 6.07) is 0. The maximum absolute atomic E-state index is 5.93. The lowest BCUT2D eigenvalue weighted by Gasteiger charge is -2.34. The van der Waals surface area contributed by atoms with Gasteiger partial charge in [-0.2, -0.15) is 5.10 Å². The van der Waals surface area contributed by atoms with Crippen molar-refractivity contribution in [2.24, 2.45) is 7.05 Å². The molecule has 5 heteroatoms. The fraction of sp³-hybridized carbons (Fsp3) is 0.786. The molecule has 2 fully saturated rings. The number of nitrogens with one attached hydrogen (secondary N) is 1. The monoisotopic (exact) mass is 264 g/mol. The average Bonchev–Trinajstić information content (AvgIpc) is 2.86. The molecular weight excluding hydrogens is 240 g/mol. The van der Waals surface area contributed by atoms with Crippen LogP contribution in [0.4, 0.5) is 5.82 Å². The first-order valence-corrected chi connectivity index (χ1v) is 7.32. The third-order valence-corrected chi connectivity index (χ3v) is 4.21. The number of ether oxygens (including phenoxy) is 1. The highest BCUT2D eigenvalue weighted by Crippen LogP contribution is 2.32. The minimum atomic E-state index is 0.418. The molecule has 0 aromatic carbocycles. The summed E-state index contributed by atoms with van der Waals surface area (Å²) in [6.45, 7) is 8.15. The number of fused-ring (bicyclic) bond motifs is 2. The summed E-state index contributed by atoms with van der Waals surface area (Å²) < 4.78 is 7.96. The van der Waals surface area contributed by atoms with Crippen molar-refractivity contribution >= 4 is 5.82 Å². The smallest absolute Gasteiger partial charge is 0.131 e. The van der Waals surface area contributed by atoms with E-state index in [1.807, 2.05) is 4.68 Å². The fourth-order valence-electron chi connectivity index (χ4n) is 3.33. The molecule has 0 radical (unpaired) electrons. The van der Waals surface area contributed by atoms with Gasteiger partial charge in [-0.1, -0.05) is 6.92 Å². The van der Waals surface area contributed by atoms with Gasteiger partial charge in [0.15, 0.2) is 0 Å². The maximum Gasteiger partial charge on any atom is 0.131 e. The third-order valence-electron chi connectivity index (χ3n) is 4.21. The molecule has 1 aromatic heterocycles. The average molecular weight is 264 g/mol. The Labute approximate surface area is 114 Å². The van der Waals surface area contributed by atoms with Crippen molar-refractivity contribution < 1.29 is 4.74 Å². The number of hydrogen-bond acceptors (Lipinski definition) is 4. The summed E-state index contributed by atoms with van der Waals surface area (Å²) in [4.78, 5) is 2.47. The van der Waals surface area contributed by atoms with Crippen molar-refractivity contribution in [2.45, 2.75) is 45.4 Å². The van der Waals surface area contributed by atoms with Crippen molar-refractivity contribution in [3.63, 3.8) is 0 Å². The zero-order chi connectivity index (χ0) is 13.4. The lowest BCUT2D eigenvalue weighted by atomic mass is 10.2. The van der Waals surface area contributed by atoms with Crippen LogP contribution in [0.1, 0.15) is 31.0 Å². The molecule has 0 saturated carbocycles.